The zero-order valence-electron chi connectivity index (χ0n) is 17.8. The number of amides is 2. The van der Waals surface area contributed by atoms with E-state index in [0.717, 1.165) is 11.1 Å². The molecule has 3 aromatic rings. The quantitative estimate of drug-likeness (QED) is 0.554. The van der Waals surface area contributed by atoms with Crippen LogP contribution in [0.2, 0.25) is 0 Å². The Morgan fingerprint density at radius 1 is 0.839 bits per heavy atom. The minimum Gasteiger partial charge on any atom is -0.295 e. The molecule has 0 aliphatic rings. The molecule has 0 fully saturated rings. The van der Waals surface area contributed by atoms with E-state index in [9.17, 15) is 14.4 Å². The van der Waals surface area contributed by atoms with Gasteiger partial charge >= 0.3 is 0 Å². The Balaban J connectivity index is 1.91. The molecule has 0 saturated carbocycles. The number of aromatic nitrogens is 1. The number of benzene rings is 2. The lowest BCUT2D eigenvalue weighted by atomic mass is 9.73. The van der Waals surface area contributed by atoms with Crippen molar-refractivity contribution in [2.45, 2.75) is 33.1 Å². The number of carbonyl (C=O) groups excluding carboxylic acids is 3. The van der Waals surface area contributed by atoms with Gasteiger partial charge in [0.1, 0.15) is 5.69 Å². The summed E-state index contributed by atoms with van der Waals surface area (Å²) in [5.41, 5.74) is 1.95. The number of Topliss-reactive ketones (excluding diaryl/α,β-unsaturated/α-hetero) is 1. The number of ketones is 1. The highest BCUT2D eigenvalue weighted by molar-refractivity contribution is 6.05. The molecule has 0 aliphatic heterocycles. The molecule has 0 spiro atoms. The molecule has 1 N–H and O–H groups in total. The average Bonchev–Trinajstić information content (AvgIpc) is 2.80. The number of nitrogens with zero attached hydrogens (tertiary/aromatic N) is 1. The van der Waals surface area contributed by atoms with Crippen molar-refractivity contribution in [1.29, 1.82) is 0 Å². The van der Waals surface area contributed by atoms with Crippen LogP contribution in [0.1, 0.15) is 52.2 Å². The highest BCUT2D eigenvalue weighted by Crippen LogP contribution is 2.32. The lowest BCUT2D eigenvalue weighted by molar-refractivity contribution is -0.130. The molecule has 0 radical (unpaired) electrons. The first-order valence-electron chi connectivity index (χ1n) is 10.3. The minimum atomic E-state index is -0.830. The van der Waals surface area contributed by atoms with Gasteiger partial charge in [-0.2, -0.15) is 0 Å². The van der Waals surface area contributed by atoms with E-state index in [1.807, 2.05) is 49.4 Å². The van der Waals surface area contributed by atoms with E-state index in [4.69, 9.17) is 0 Å². The highest BCUT2D eigenvalue weighted by Gasteiger charge is 2.38. The lowest BCUT2D eigenvalue weighted by Gasteiger charge is -2.31. The zero-order valence-corrected chi connectivity index (χ0v) is 17.8. The van der Waals surface area contributed by atoms with E-state index in [1.165, 1.54) is 13.1 Å². The van der Waals surface area contributed by atoms with Gasteiger partial charge in [-0.3, -0.25) is 24.7 Å². The first-order valence-corrected chi connectivity index (χ1v) is 10.3. The fraction of sp³-hybridized carbons (Fsp3) is 0.231. The summed E-state index contributed by atoms with van der Waals surface area (Å²) in [6.45, 7) is 3.48. The van der Waals surface area contributed by atoms with Crippen LogP contribution in [-0.2, 0) is 17.6 Å². The van der Waals surface area contributed by atoms with Gasteiger partial charge in [-0.25, -0.2) is 0 Å². The third-order valence-corrected chi connectivity index (χ3v) is 5.57. The second-order valence-electron chi connectivity index (χ2n) is 7.72. The summed E-state index contributed by atoms with van der Waals surface area (Å²) in [4.78, 5) is 41.7. The molecule has 0 saturated heterocycles. The predicted molar refractivity (Wildman–Crippen MR) is 120 cm³/mol. The highest BCUT2D eigenvalue weighted by atomic mass is 16.2. The van der Waals surface area contributed by atoms with Gasteiger partial charge in [0.15, 0.2) is 5.78 Å². The van der Waals surface area contributed by atoms with Gasteiger partial charge in [0.05, 0.1) is 5.41 Å². The summed E-state index contributed by atoms with van der Waals surface area (Å²) in [7, 11) is 0. The van der Waals surface area contributed by atoms with E-state index in [2.05, 4.69) is 10.3 Å². The molecule has 1 unspecified atom stereocenters. The molecule has 0 bridgehead atoms. The van der Waals surface area contributed by atoms with Gasteiger partial charge in [0.25, 0.3) is 5.91 Å². The van der Waals surface area contributed by atoms with Crippen molar-refractivity contribution in [2.24, 2.45) is 5.41 Å². The van der Waals surface area contributed by atoms with Crippen LogP contribution in [0.5, 0.6) is 0 Å². The van der Waals surface area contributed by atoms with Crippen LogP contribution >= 0.6 is 0 Å². The van der Waals surface area contributed by atoms with Gasteiger partial charge in [-0.1, -0.05) is 67.6 Å². The van der Waals surface area contributed by atoms with E-state index < -0.39 is 11.3 Å². The maximum absolute atomic E-state index is 13.5. The van der Waals surface area contributed by atoms with E-state index in [1.54, 1.807) is 30.3 Å². The second kappa shape index (κ2) is 9.94. The fourth-order valence-corrected chi connectivity index (χ4v) is 3.67. The lowest BCUT2D eigenvalue weighted by Crippen LogP contribution is -2.46. The molecule has 2 amide bonds. The Labute approximate surface area is 182 Å². The molecule has 1 heterocycles. The number of carbonyl (C=O) groups is 3. The maximum atomic E-state index is 13.5. The molecule has 0 aliphatic carbocycles. The number of hydrogen-bond acceptors (Lipinski definition) is 4. The average molecular weight is 415 g/mol. The first kappa shape index (κ1) is 22.1. The normalized spacial score (nSPS) is 12.6. The first-order chi connectivity index (χ1) is 14.9. The van der Waals surface area contributed by atoms with Crippen LogP contribution < -0.4 is 5.32 Å². The molecule has 2 aromatic carbocycles. The Kier molecular flexibility index (Phi) is 7.08. The Morgan fingerprint density at radius 3 is 2.00 bits per heavy atom. The molecule has 1 atom stereocenters. The number of hydrogen-bond donors (Lipinski definition) is 1. The molecule has 3 rings (SSSR count). The van der Waals surface area contributed by atoms with Crippen LogP contribution in [0.4, 0.5) is 0 Å². The Bertz CT molecular complexity index is 1050. The molecule has 1 aromatic heterocycles. The SMILES string of the molecule is CCC(Cc1ccccc1)(Cc1ccc(C(C)=O)cc1)C(=O)NC(=O)c1ccccn1. The van der Waals surface area contributed by atoms with Crippen molar-refractivity contribution >= 4 is 17.6 Å². The van der Waals surface area contributed by atoms with Crippen LogP contribution in [0, 0.1) is 5.41 Å². The monoisotopic (exact) mass is 414 g/mol. The van der Waals surface area contributed by atoms with Gasteiger partial charge < -0.3 is 0 Å². The van der Waals surface area contributed by atoms with Crippen molar-refractivity contribution in [1.82, 2.24) is 10.3 Å². The maximum Gasteiger partial charge on any atom is 0.276 e. The summed E-state index contributed by atoms with van der Waals surface area (Å²) in [5.74, 6) is -0.843. The molecule has 31 heavy (non-hydrogen) atoms. The van der Waals surface area contributed by atoms with E-state index in [-0.39, 0.29) is 17.4 Å². The van der Waals surface area contributed by atoms with Gasteiger partial charge in [-0.05, 0) is 49.4 Å². The summed E-state index contributed by atoms with van der Waals surface area (Å²) in [5, 5.41) is 2.56. The number of nitrogens with one attached hydrogen (secondary N) is 1. The summed E-state index contributed by atoms with van der Waals surface area (Å²) in [6.07, 6.45) is 2.99. The molecule has 158 valence electrons. The van der Waals surface area contributed by atoms with Gasteiger partial charge in [0.2, 0.25) is 5.91 Å². The van der Waals surface area contributed by atoms with E-state index in [0.29, 0.717) is 24.8 Å². The molecular formula is C26H26N2O3. The van der Waals surface area contributed by atoms with Crippen molar-refractivity contribution in [3.8, 4) is 0 Å². The number of pyridine rings is 1. The van der Waals surface area contributed by atoms with Crippen molar-refractivity contribution in [3.05, 3.63) is 101 Å². The molecule has 5 nitrogen and oxygen atoms in total. The van der Waals surface area contributed by atoms with Crippen molar-refractivity contribution in [2.75, 3.05) is 0 Å². The topological polar surface area (TPSA) is 76.1 Å². The summed E-state index contributed by atoms with van der Waals surface area (Å²) in [6, 6.07) is 22.1. The number of imide groups is 1. The largest absolute Gasteiger partial charge is 0.295 e. The van der Waals surface area contributed by atoms with Crippen LogP contribution in [0.15, 0.2) is 79.0 Å². The summed E-state index contributed by atoms with van der Waals surface area (Å²) < 4.78 is 0. The van der Waals surface area contributed by atoms with Gasteiger partial charge in [-0.15, -0.1) is 0 Å². The predicted octanol–water partition coefficient (Wildman–Crippen LogP) is 4.42. The third-order valence-electron chi connectivity index (χ3n) is 5.57. The molecular weight excluding hydrogens is 388 g/mol. The van der Waals surface area contributed by atoms with E-state index >= 15 is 0 Å². The fourth-order valence-electron chi connectivity index (χ4n) is 3.67. The zero-order chi connectivity index (χ0) is 22.3. The third kappa shape index (κ3) is 5.51. The second-order valence-corrected chi connectivity index (χ2v) is 7.72. The van der Waals surface area contributed by atoms with Gasteiger partial charge in [0, 0.05) is 11.8 Å². The summed E-state index contributed by atoms with van der Waals surface area (Å²) >= 11 is 0. The van der Waals surface area contributed by atoms with Crippen LogP contribution in [0.3, 0.4) is 0 Å². The minimum absolute atomic E-state index is 0.00343. The van der Waals surface area contributed by atoms with Crippen molar-refractivity contribution in [3.63, 3.8) is 0 Å². The smallest absolute Gasteiger partial charge is 0.276 e. The van der Waals surface area contributed by atoms with Crippen LogP contribution in [0.25, 0.3) is 0 Å². The van der Waals surface area contributed by atoms with Crippen molar-refractivity contribution < 1.29 is 14.4 Å². The Hall–Kier alpha value is -3.60. The van der Waals surface area contributed by atoms with Crippen LogP contribution in [-0.4, -0.2) is 22.6 Å². The standard InChI is InChI=1S/C26H26N2O3/c1-3-26(17-20-9-5-4-6-10-20,18-21-12-14-22(15-13-21)19(2)29)25(31)28-24(30)23-11-7-8-16-27-23/h4-16H,3,17-18H2,1-2H3,(H,28,30,31). The number of rotatable bonds is 8. The Morgan fingerprint density at radius 2 is 1.45 bits per heavy atom. The molecule has 5 heteroatoms.